The minimum atomic E-state index is -1.07. The number of likely N-dealkylation sites (tertiary alicyclic amines) is 1. The van der Waals surface area contributed by atoms with Gasteiger partial charge in [-0.25, -0.2) is 0 Å². The number of allylic oxidation sites excluding steroid dienone is 1. The molecule has 2 aliphatic rings. The largest absolute Gasteiger partial charge is 0.457 e. The summed E-state index contributed by atoms with van der Waals surface area (Å²) < 4.78 is 7.67. The molecule has 16 nitrogen and oxygen atoms in total. The third kappa shape index (κ3) is 12.7. The predicted molar refractivity (Wildman–Crippen MR) is 264 cm³/mol. The molecular formula is C51H54ClN9O7S. The Morgan fingerprint density at radius 1 is 0.913 bits per heavy atom. The number of nitriles is 1. The number of carbonyl (C=O) groups is 5. The van der Waals surface area contributed by atoms with Gasteiger partial charge in [0.1, 0.15) is 29.7 Å². The van der Waals surface area contributed by atoms with Crippen molar-refractivity contribution in [1.29, 1.82) is 5.26 Å². The van der Waals surface area contributed by atoms with Gasteiger partial charge in [0.05, 0.1) is 41.4 Å². The maximum Gasteiger partial charge on any atom is 0.251 e. The number of β-amino-alcohol motifs (C(OH)–C–C–N with tert-alkyl or cyclic N) is 1. The molecule has 1 fully saturated rings. The molecule has 4 atom stereocenters. The van der Waals surface area contributed by atoms with Gasteiger partial charge in [0.25, 0.3) is 11.8 Å². The summed E-state index contributed by atoms with van der Waals surface area (Å²) in [6.45, 7) is 9.42. The van der Waals surface area contributed by atoms with E-state index in [1.54, 1.807) is 110 Å². The van der Waals surface area contributed by atoms with Crippen molar-refractivity contribution in [2.75, 3.05) is 19.0 Å². The van der Waals surface area contributed by atoms with E-state index in [0.717, 1.165) is 28.3 Å². The van der Waals surface area contributed by atoms with Crippen molar-refractivity contribution >= 4 is 57.8 Å². The highest BCUT2D eigenvalue weighted by Crippen LogP contribution is 2.34. The number of carbonyl (C=O) groups excluding carboxylic acids is 5. The number of aliphatic hydroxyl groups excluding tert-OH is 1. The average molecular weight is 973 g/mol. The van der Waals surface area contributed by atoms with E-state index in [9.17, 15) is 29.1 Å². The van der Waals surface area contributed by atoms with Crippen LogP contribution in [0.25, 0.3) is 16.2 Å². The fourth-order valence-corrected chi connectivity index (χ4v) is 9.13. The molecule has 0 aliphatic carbocycles. The molecule has 1 aromatic heterocycles. The van der Waals surface area contributed by atoms with Crippen molar-refractivity contribution in [3.63, 3.8) is 0 Å². The number of amides is 5. The van der Waals surface area contributed by atoms with Crippen LogP contribution >= 0.6 is 23.4 Å². The SMILES string of the molecule is CC1=C(c2ccc(CNC(=O)[C@@H]3C[C@@H](O)CN3C(=O)[C@@H](NC(=O)CNC(=O)c3ccc(Oc4ccc(C(=O)N[C@@H](C)Cn5ccc(-c6ccc(C#N)c(Cl)c6)n5)cc4)cc3)C(C)(C)C)cc2)SCN1. The third-order valence-electron chi connectivity index (χ3n) is 11.6. The number of thioether (sulfide) groups is 1. The molecule has 0 spiro atoms. The lowest BCUT2D eigenvalue weighted by Crippen LogP contribution is -2.58. The molecule has 358 valence electrons. The lowest BCUT2D eigenvalue weighted by molar-refractivity contribution is -0.143. The van der Waals surface area contributed by atoms with Gasteiger partial charge in [0.15, 0.2) is 0 Å². The van der Waals surface area contributed by atoms with Gasteiger partial charge in [-0.1, -0.05) is 62.7 Å². The summed E-state index contributed by atoms with van der Waals surface area (Å²) in [5.74, 6) is -0.603. The van der Waals surface area contributed by atoms with E-state index in [0.29, 0.717) is 39.9 Å². The highest BCUT2D eigenvalue weighted by molar-refractivity contribution is 8.08. The highest BCUT2D eigenvalue weighted by atomic mass is 35.5. The quantitative estimate of drug-likeness (QED) is 0.0653. The Morgan fingerprint density at radius 2 is 1.57 bits per heavy atom. The first kappa shape index (κ1) is 49.8. The van der Waals surface area contributed by atoms with Crippen molar-refractivity contribution < 1.29 is 33.8 Å². The predicted octanol–water partition coefficient (Wildman–Crippen LogP) is 6.21. The first-order valence-electron chi connectivity index (χ1n) is 22.4. The van der Waals surface area contributed by atoms with Crippen molar-refractivity contribution in [2.24, 2.45) is 5.41 Å². The molecule has 0 bridgehead atoms. The van der Waals surface area contributed by atoms with Crippen LogP contribution in [0.4, 0.5) is 0 Å². The third-order valence-corrected chi connectivity index (χ3v) is 13.0. The van der Waals surface area contributed by atoms with Crippen LogP contribution in [0.15, 0.2) is 109 Å². The summed E-state index contributed by atoms with van der Waals surface area (Å²) in [6, 6.07) is 27.5. The van der Waals surface area contributed by atoms with Crippen LogP contribution < -0.4 is 31.3 Å². The average Bonchev–Trinajstić information content (AvgIpc) is 4.09. The molecule has 4 aromatic carbocycles. The molecule has 3 heterocycles. The topological polar surface area (TPSA) is 220 Å². The number of benzene rings is 4. The zero-order chi connectivity index (χ0) is 49.4. The molecule has 18 heteroatoms. The van der Waals surface area contributed by atoms with Gasteiger partial charge in [-0.15, -0.1) is 11.8 Å². The van der Waals surface area contributed by atoms with E-state index in [1.807, 2.05) is 50.2 Å². The Labute approximate surface area is 409 Å². The summed E-state index contributed by atoms with van der Waals surface area (Å²) in [5.41, 5.74) is 4.86. The summed E-state index contributed by atoms with van der Waals surface area (Å²) in [4.78, 5) is 69.4. The number of halogens is 1. The summed E-state index contributed by atoms with van der Waals surface area (Å²) in [7, 11) is 0. The molecule has 5 aromatic rings. The monoisotopic (exact) mass is 971 g/mol. The number of rotatable bonds is 16. The Hall–Kier alpha value is -7.13. The molecule has 0 unspecified atom stereocenters. The Balaban J connectivity index is 0.858. The standard InChI is InChI=1S/C51H54ClN9O7S/c1-30(27-60-21-20-42(59-60)36-10-11-37(24-53)41(52)22-36)57-48(65)35-14-18-40(19-15-35)68-39-16-12-34(13-17-39)47(64)55-26-44(63)58-46(51(3,4)5)50(67)61-28-38(62)23-43(61)49(66)54-25-32-6-8-33(9-7-32)45-31(2)56-29-69-45/h6-22,30,38,43,46,56,62H,23,25-29H2,1-5H3,(H,54,66)(H,55,64)(H,57,65)(H,58,63)/t30-,38+,43-,46+/m0/s1. The van der Waals surface area contributed by atoms with Gasteiger partial charge in [-0.2, -0.15) is 10.4 Å². The summed E-state index contributed by atoms with van der Waals surface area (Å²) in [5, 5.41) is 39.2. The molecule has 1 saturated heterocycles. The Bertz CT molecular complexity index is 2780. The smallest absolute Gasteiger partial charge is 0.251 e. The van der Waals surface area contributed by atoms with Gasteiger partial charge in [0.2, 0.25) is 17.7 Å². The van der Waals surface area contributed by atoms with E-state index < -0.39 is 53.8 Å². The van der Waals surface area contributed by atoms with Crippen LogP contribution in [0.5, 0.6) is 11.5 Å². The summed E-state index contributed by atoms with van der Waals surface area (Å²) >= 11 is 7.92. The van der Waals surface area contributed by atoms with Gasteiger partial charge < -0.3 is 41.3 Å². The fourth-order valence-electron chi connectivity index (χ4n) is 7.88. The first-order chi connectivity index (χ1) is 32.9. The van der Waals surface area contributed by atoms with Crippen LogP contribution in [0, 0.1) is 16.7 Å². The fraction of sp³-hybridized carbons (Fsp3) is 0.314. The number of ether oxygens (including phenoxy) is 1. The number of nitrogens with one attached hydrogen (secondary N) is 5. The van der Waals surface area contributed by atoms with Crippen molar-refractivity contribution in [2.45, 2.75) is 78.4 Å². The number of nitrogens with zero attached hydrogens (tertiary/aromatic N) is 4. The van der Waals surface area contributed by atoms with Crippen molar-refractivity contribution in [1.82, 2.24) is 41.3 Å². The van der Waals surface area contributed by atoms with E-state index in [4.69, 9.17) is 21.6 Å². The molecule has 2 aliphatic heterocycles. The second kappa shape index (κ2) is 21.9. The first-order valence-corrected chi connectivity index (χ1v) is 23.7. The van der Waals surface area contributed by atoms with E-state index in [1.165, 1.54) is 9.81 Å². The molecule has 0 saturated carbocycles. The minimum Gasteiger partial charge on any atom is -0.457 e. The number of aromatic nitrogens is 2. The molecule has 0 radical (unpaired) electrons. The molecule has 7 rings (SSSR count). The molecular weight excluding hydrogens is 918 g/mol. The van der Waals surface area contributed by atoms with Crippen LogP contribution in [0.3, 0.4) is 0 Å². The Morgan fingerprint density at radius 3 is 2.17 bits per heavy atom. The maximum absolute atomic E-state index is 14.1. The molecule has 5 amide bonds. The second-order valence-corrected chi connectivity index (χ2v) is 19.4. The van der Waals surface area contributed by atoms with Gasteiger partial charge >= 0.3 is 0 Å². The van der Waals surface area contributed by atoms with E-state index in [2.05, 4.69) is 31.7 Å². The molecule has 6 N–H and O–H groups in total. The van der Waals surface area contributed by atoms with Crippen LogP contribution in [0.2, 0.25) is 5.02 Å². The zero-order valence-corrected chi connectivity index (χ0v) is 40.4. The summed E-state index contributed by atoms with van der Waals surface area (Å²) in [6.07, 6.45) is 0.946. The number of hydrogen-bond acceptors (Lipinski definition) is 11. The lowest BCUT2D eigenvalue weighted by Gasteiger charge is -2.35. The van der Waals surface area contributed by atoms with E-state index in [-0.39, 0.29) is 37.0 Å². The number of aliphatic hydroxyl groups is 1. The lowest BCUT2D eigenvalue weighted by atomic mass is 9.85. The van der Waals surface area contributed by atoms with Crippen molar-refractivity contribution in [3.05, 3.63) is 142 Å². The molecule has 69 heavy (non-hydrogen) atoms. The van der Waals surface area contributed by atoms with Gasteiger partial charge in [-0.05, 0) is 97.1 Å². The highest BCUT2D eigenvalue weighted by Gasteiger charge is 2.44. The second-order valence-electron chi connectivity index (χ2n) is 18.0. The minimum absolute atomic E-state index is 0.0568. The number of hydrogen-bond donors (Lipinski definition) is 6. The van der Waals surface area contributed by atoms with Gasteiger partial charge in [-0.3, -0.25) is 28.7 Å². The van der Waals surface area contributed by atoms with Crippen LogP contribution in [-0.2, 0) is 27.5 Å². The van der Waals surface area contributed by atoms with Crippen molar-refractivity contribution in [3.8, 4) is 28.8 Å². The van der Waals surface area contributed by atoms with E-state index >= 15 is 0 Å². The van der Waals surface area contributed by atoms with Crippen LogP contribution in [-0.4, -0.2) is 92.5 Å². The normalized spacial score (nSPS) is 16.5. The van der Waals surface area contributed by atoms with Gasteiger partial charge in [0, 0.05) is 59.0 Å². The Kier molecular flexibility index (Phi) is 15.8. The maximum atomic E-state index is 14.1. The van der Waals surface area contributed by atoms with Crippen LogP contribution in [0.1, 0.15) is 78.4 Å². The zero-order valence-electron chi connectivity index (χ0n) is 38.8.